The third-order valence-corrected chi connectivity index (χ3v) is 4.52. The van der Waals surface area contributed by atoms with E-state index in [0.29, 0.717) is 11.4 Å². The van der Waals surface area contributed by atoms with E-state index in [2.05, 4.69) is 4.72 Å². The minimum atomic E-state index is -3.59. The Hall–Kier alpha value is -2.01. The summed E-state index contributed by atoms with van der Waals surface area (Å²) in [4.78, 5) is 0.246. The first kappa shape index (κ1) is 14.4. The number of nitrogen functional groups attached to an aromatic ring is 1. The molecule has 0 fully saturated rings. The van der Waals surface area contributed by atoms with Crippen molar-refractivity contribution in [2.75, 3.05) is 10.5 Å². The SMILES string of the molecule is Cc1cccc(S(=O)(=O)Nc2cc(N)c(C)cc2C)c1. The Labute approximate surface area is 119 Å². The third-order valence-electron chi connectivity index (χ3n) is 3.16. The second-order valence-corrected chi connectivity index (χ2v) is 6.63. The van der Waals surface area contributed by atoms with Crippen LogP contribution in [0.25, 0.3) is 0 Å². The second-order valence-electron chi connectivity index (χ2n) is 4.95. The van der Waals surface area contributed by atoms with E-state index >= 15 is 0 Å². The molecule has 4 nitrogen and oxygen atoms in total. The van der Waals surface area contributed by atoms with Gasteiger partial charge in [-0.2, -0.15) is 0 Å². The fourth-order valence-corrected chi connectivity index (χ4v) is 3.19. The van der Waals surface area contributed by atoms with E-state index in [9.17, 15) is 8.42 Å². The smallest absolute Gasteiger partial charge is 0.261 e. The first-order valence-electron chi connectivity index (χ1n) is 6.26. The second kappa shape index (κ2) is 5.17. The molecule has 0 aromatic heterocycles. The van der Waals surface area contributed by atoms with Crippen LogP contribution >= 0.6 is 0 Å². The van der Waals surface area contributed by atoms with Gasteiger partial charge in [0.1, 0.15) is 0 Å². The molecule has 0 saturated heterocycles. The van der Waals surface area contributed by atoms with Gasteiger partial charge in [0.15, 0.2) is 0 Å². The number of benzene rings is 2. The molecule has 106 valence electrons. The minimum absolute atomic E-state index is 0.246. The van der Waals surface area contributed by atoms with Crippen LogP contribution < -0.4 is 10.5 Å². The molecule has 2 aromatic carbocycles. The molecule has 0 aliphatic rings. The molecule has 0 unspecified atom stereocenters. The molecule has 2 rings (SSSR count). The van der Waals surface area contributed by atoms with Gasteiger partial charge in [0.2, 0.25) is 0 Å². The van der Waals surface area contributed by atoms with E-state index in [-0.39, 0.29) is 4.90 Å². The predicted molar refractivity (Wildman–Crippen MR) is 82.3 cm³/mol. The zero-order chi connectivity index (χ0) is 14.9. The Morgan fingerprint density at radius 1 is 1.00 bits per heavy atom. The molecule has 0 saturated carbocycles. The van der Waals surface area contributed by atoms with Gasteiger partial charge < -0.3 is 5.73 Å². The number of hydrogen-bond donors (Lipinski definition) is 2. The van der Waals surface area contributed by atoms with Crippen LogP contribution in [0.15, 0.2) is 41.3 Å². The monoisotopic (exact) mass is 290 g/mol. The van der Waals surface area contributed by atoms with Gasteiger partial charge in [-0.05, 0) is 55.7 Å². The molecule has 0 aliphatic heterocycles. The Kier molecular flexibility index (Phi) is 3.72. The largest absolute Gasteiger partial charge is 0.398 e. The molecule has 0 heterocycles. The van der Waals surface area contributed by atoms with Gasteiger partial charge >= 0.3 is 0 Å². The van der Waals surface area contributed by atoms with Gasteiger partial charge in [0, 0.05) is 5.69 Å². The Balaban J connectivity index is 2.41. The summed E-state index contributed by atoms with van der Waals surface area (Å²) in [6, 6.07) is 10.3. The number of anilines is 2. The average Bonchev–Trinajstić information content (AvgIpc) is 2.36. The highest BCUT2D eigenvalue weighted by molar-refractivity contribution is 7.92. The molecule has 5 heteroatoms. The van der Waals surface area contributed by atoms with Crippen LogP contribution in [0.4, 0.5) is 11.4 Å². The van der Waals surface area contributed by atoms with Crippen molar-refractivity contribution < 1.29 is 8.42 Å². The van der Waals surface area contributed by atoms with Crippen LogP contribution in [-0.2, 0) is 10.0 Å². The van der Waals surface area contributed by atoms with Gasteiger partial charge in [0.25, 0.3) is 10.0 Å². The van der Waals surface area contributed by atoms with Gasteiger partial charge in [-0.1, -0.05) is 18.2 Å². The van der Waals surface area contributed by atoms with Crippen LogP contribution in [0.5, 0.6) is 0 Å². The quantitative estimate of drug-likeness (QED) is 0.854. The lowest BCUT2D eigenvalue weighted by Gasteiger charge is -2.13. The Morgan fingerprint density at radius 2 is 1.70 bits per heavy atom. The topological polar surface area (TPSA) is 72.2 Å². The highest BCUT2D eigenvalue weighted by Gasteiger charge is 2.15. The van der Waals surface area contributed by atoms with Crippen molar-refractivity contribution in [3.8, 4) is 0 Å². The molecule has 2 aromatic rings. The van der Waals surface area contributed by atoms with Gasteiger partial charge in [-0.25, -0.2) is 8.42 Å². The number of nitrogens with two attached hydrogens (primary N) is 1. The van der Waals surface area contributed by atoms with E-state index in [1.807, 2.05) is 32.9 Å². The Morgan fingerprint density at radius 3 is 2.35 bits per heavy atom. The fraction of sp³-hybridized carbons (Fsp3) is 0.200. The predicted octanol–water partition coefficient (Wildman–Crippen LogP) is 2.99. The molecule has 0 bridgehead atoms. The molecule has 20 heavy (non-hydrogen) atoms. The molecular weight excluding hydrogens is 272 g/mol. The number of rotatable bonds is 3. The summed E-state index contributed by atoms with van der Waals surface area (Å²) in [5.41, 5.74) is 9.58. The zero-order valence-corrected chi connectivity index (χ0v) is 12.6. The summed E-state index contributed by atoms with van der Waals surface area (Å²) in [6.07, 6.45) is 0. The summed E-state index contributed by atoms with van der Waals surface area (Å²) in [5, 5.41) is 0. The lowest BCUT2D eigenvalue weighted by atomic mass is 10.1. The maximum absolute atomic E-state index is 12.4. The maximum Gasteiger partial charge on any atom is 0.261 e. The highest BCUT2D eigenvalue weighted by Crippen LogP contribution is 2.25. The van der Waals surface area contributed by atoms with Crippen molar-refractivity contribution in [3.63, 3.8) is 0 Å². The van der Waals surface area contributed by atoms with Crippen molar-refractivity contribution >= 4 is 21.4 Å². The van der Waals surface area contributed by atoms with Crippen LogP contribution in [0.2, 0.25) is 0 Å². The first-order chi connectivity index (χ1) is 9.29. The van der Waals surface area contributed by atoms with Crippen LogP contribution in [0.3, 0.4) is 0 Å². The van der Waals surface area contributed by atoms with Crippen LogP contribution in [0.1, 0.15) is 16.7 Å². The summed E-state index contributed by atoms with van der Waals surface area (Å²) in [7, 11) is -3.59. The molecule has 0 radical (unpaired) electrons. The van der Waals surface area contributed by atoms with Crippen LogP contribution in [0, 0.1) is 20.8 Å². The minimum Gasteiger partial charge on any atom is -0.398 e. The Bertz CT molecular complexity index is 752. The zero-order valence-electron chi connectivity index (χ0n) is 11.8. The molecule has 0 aliphatic carbocycles. The third kappa shape index (κ3) is 2.93. The van der Waals surface area contributed by atoms with Gasteiger partial charge in [-0.3, -0.25) is 4.72 Å². The van der Waals surface area contributed by atoms with Crippen molar-refractivity contribution in [2.24, 2.45) is 0 Å². The standard InChI is InChI=1S/C15H18N2O2S/c1-10-5-4-6-13(7-10)20(18,19)17-15-9-14(16)11(2)8-12(15)3/h4-9,17H,16H2,1-3H3. The van der Waals surface area contributed by atoms with Crippen molar-refractivity contribution in [3.05, 3.63) is 53.1 Å². The van der Waals surface area contributed by atoms with Gasteiger partial charge in [-0.15, -0.1) is 0 Å². The highest BCUT2D eigenvalue weighted by atomic mass is 32.2. The number of hydrogen-bond acceptors (Lipinski definition) is 3. The lowest BCUT2D eigenvalue weighted by Crippen LogP contribution is -2.14. The van der Waals surface area contributed by atoms with E-state index < -0.39 is 10.0 Å². The molecule has 0 amide bonds. The average molecular weight is 290 g/mol. The normalized spacial score (nSPS) is 11.3. The lowest BCUT2D eigenvalue weighted by molar-refractivity contribution is 0.601. The first-order valence-corrected chi connectivity index (χ1v) is 7.74. The van der Waals surface area contributed by atoms with E-state index in [4.69, 9.17) is 5.73 Å². The summed E-state index contributed by atoms with van der Waals surface area (Å²) >= 11 is 0. The fourth-order valence-electron chi connectivity index (χ4n) is 1.97. The van der Waals surface area contributed by atoms with E-state index in [1.54, 1.807) is 24.3 Å². The molecule has 0 atom stereocenters. The maximum atomic E-state index is 12.4. The van der Waals surface area contributed by atoms with Crippen LogP contribution in [-0.4, -0.2) is 8.42 Å². The van der Waals surface area contributed by atoms with Crippen molar-refractivity contribution in [1.82, 2.24) is 0 Å². The summed E-state index contributed by atoms with van der Waals surface area (Å²) < 4.78 is 27.3. The number of aryl methyl sites for hydroxylation is 3. The summed E-state index contributed by atoms with van der Waals surface area (Å²) in [5.74, 6) is 0. The van der Waals surface area contributed by atoms with Gasteiger partial charge in [0.05, 0.1) is 10.6 Å². The van der Waals surface area contributed by atoms with Crippen molar-refractivity contribution in [2.45, 2.75) is 25.7 Å². The van der Waals surface area contributed by atoms with E-state index in [1.165, 1.54) is 0 Å². The van der Waals surface area contributed by atoms with Crippen molar-refractivity contribution in [1.29, 1.82) is 0 Å². The number of sulfonamides is 1. The number of nitrogens with one attached hydrogen (secondary N) is 1. The molecular formula is C15H18N2O2S. The molecule has 3 N–H and O–H groups in total. The molecule has 0 spiro atoms. The van der Waals surface area contributed by atoms with E-state index in [0.717, 1.165) is 16.7 Å². The summed E-state index contributed by atoms with van der Waals surface area (Å²) in [6.45, 7) is 5.59.